The van der Waals surface area contributed by atoms with Crippen LogP contribution in [-0.2, 0) is 6.54 Å². The summed E-state index contributed by atoms with van der Waals surface area (Å²) >= 11 is 0. The van der Waals surface area contributed by atoms with Crippen LogP contribution < -0.4 is 0 Å². The second-order valence-corrected chi connectivity index (χ2v) is 4.54. The number of pyridine rings is 1. The molecule has 2 aromatic heterocycles. The lowest BCUT2D eigenvalue weighted by molar-refractivity contribution is 0.142. The fourth-order valence-corrected chi connectivity index (χ4v) is 2.27. The summed E-state index contributed by atoms with van der Waals surface area (Å²) in [5, 5.41) is 0. The van der Waals surface area contributed by atoms with Gasteiger partial charge in [-0.15, -0.1) is 0 Å². The summed E-state index contributed by atoms with van der Waals surface area (Å²) in [6.45, 7) is 4.47. The highest BCUT2D eigenvalue weighted by Crippen LogP contribution is 2.25. The van der Waals surface area contributed by atoms with E-state index in [1.807, 2.05) is 31.1 Å². The van der Waals surface area contributed by atoms with Gasteiger partial charge in [-0.05, 0) is 17.7 Å². The summed E-state index contributed by atoms with van der Waals surface area (Å²) in [6, 6.07) is 4.25. The summed E-state index contributed by atoms with van der Waals surface area (Å²) in [5.74, 6) is 0.695. The molecule has 0 unspecified atom stereocenters. The van der Waals surface area contributed by atoms with Gasteiger partial charge in [-0.3, -0.25) is 4.98 Å². The number of hydrogen-bond donors (Lipinski definition) is 0. The van der Waals surface area contributed by atoms with E-state index < -0.39 is 0 Å². The predicted octanol–water partition coefficient (Wildman–Crippen LogP) is 1.38. The Kier molecular flexibility index (Phi) is 2.88. The van der Waals surface area contributed by atoms with Crippen LogP contribution >= 0.6 is 0 Å². The maximum Gasteiger partial charge on any atom is 0.0946 e. The highest BCUT2D eigenvalue weighted by Gasteiger charge is 2.27. The number of imidazole rings is 1. The molecule has 0 N–H and O–H groups in total. The molecule has 0 bridgehead atoms. The van der Waals surface area contributed by atoms with Gasteiger partial charge in [0.1, 0.15) is 0 Å². The highest BCUT2D eigenvalue weighted by atomic mass is 15.2. The monoisotopic (exact) mass is 228 g/mol. The molecule has 0 spiro atoms. The molecule has 0 aromatic carbocycles. The highest BCUT2D eigenvalue weighted by molar-refractivity contribution is 5.19. The largest absolute Gasteiger partial charge is 0.336 e. The molecule has 0 saturated carbocycles. The summed E-state index contributed by atoms with van der Waals surface area (Å²) in [5.41, 5.74) is 1.42. The molecular formula is C13H16N4. The minimum Gasteiger partial charge on any atom is -0.336 e. The van der Waals surface area contributed by atoms with Crippen LogP contribution in [0.25, 0.3) is 0 Å². The molecule has 4 nitrogen and oxygen atoms in total. The zero-order chi connectivity index (χ0) is 11.5. The molecule has 4 heteroatoms. The molecule has 0 aliphatic carbocycles. The van der Waals surface area contributed by atoms with E-state index in [1.165, 1.54) is 18.7 Å². The van der Waals surface area contributed by atoms with Crippen molar-refractivity contribution in [1.29, 1.82) is 0 Å². The van der Waals surface area contributed by atoms with Crippen LogP contribution in [0, 0.1) is 0 Å². The minimum atomic E-state index is 0.695. The average molecular weight is 228 g/mol. The van der Waals surface area contributed by atoms with E-state index in [0.29, 0.717) is 5.92 Å². The average Bonchev–Trinajstić information content (AvgIpc) is 2.81. The van der Waals surface area contributed by atoms with E-state index in [2.05, 4.69) is 31.6 Å². The Bertz CT molecular complexity index is 446. The molecule has 3 rings (SSSR count). The zero-order valence-corrected chi connectivity index (χ0v) is 9.74. The van der Waals surface area contributed by atoms with Crippen molar-refractivity contribution < 1.29 is 0 Å². The van der Waals surface area contributed by atoms with E-state index >= 15 is 0 Å². The molecule has 0 radical (unpaired) electrons. The van der Waals surface area contributed by atoms with Gasteiger partial charge in [0, 0.05) is 56.9 Å². The first-order valence-electron chi connectivity index (χ1n) is 6.00. The van der Waals surface area contributed by atoms with Gasteiger partial charge in [0.15, 0.2) is 0 Å². The molecule has 1 fully saturated rings. The van der Waals surface area contributed by atoms with Crippen LogP contribution in [0.15, 0.2) is 43.2 Å². The van der Waals surface area contributed by atoms with Gasteiger partial charge >= 0.3 is 0 Å². The Morgan fingerprint density at radius 1 is 1.06 bits per heavy atom. The third kappa shape index (κ3) is 2.36. The summed E-state index contributed by atoms with van der Waals surface area (Å²) in [4.78, 5) is 10.6. The van der Waals surface area contributed by atoms with Crippen molar-refractivity contribution in [2.24, 2.45) is 0 Å². The van der Waals surface area contributed by atoms with E-state index in [1.54, 1.807) is 0 Å². The van der Waals surface area contributed by atoms with E-state index in [4.69, 9.17) is 0 Å². The minimum absolute atomic E-state index is 0.695. The van der Waals surface area contributed by atoms with Gasteiger partial charge in [-0.2, -0.15) is 0 Å². The van der Waals surface area contributed by atoms with E-state index in [9.17, 15) is 0 Å². The lowest BCUT2D eigenvalue weighted by Gasteiger charge is -2.39. The SMILES string of the molecule is c1cc(C2CN(CCn3ccnc3)C2)ccn1. The first kappa shape index (κ1) is 10.5. The molecule has 3 heterocycles. The molecule has 1 aliphatic rings. The number of aromatic nitrogens is 3. The van der Waals surface area contributed by atoms with Gasteiger partial charge in [0.25, 0.3) is 0 Å². The maximum absolute atomic E-state index is 4.05. The summed E-state index contributed by atoms with van der Waals surface area (Å²) in [6.07, 6.45) is 9.48. The Morgan fingerprint density at radius 3 is 2.59 bits per heavy atom. The van der Waals surface area contributed by atoms with Crippen LogP contribution in [0.4, 0.5) is 0 Å². The van der Waals surface area contributed by atoms with Crippen molar-refractivity contribution in [3.63, 3.8) is 0 Å². The Balaban J connectivity index is 1.46. The van der Waals surface area contributed by atoms with Gasteiger partial charge in [0.2, 0.25) is 0 Å². The van der Waals surface area contributed by atoms with Gasteiger partial charge < -0.3 is 9.47 Å². The third-order valence-corrected chi connectivity index (χ3v) is 3.37. The fourth-order valence-electron chi connectivity index (χ4n) is 2.27. The third-order valence-electron chi connectivity index (χ3n) is 3.37. The van der Waals surface area contributed by atoms with Crippen LogP contribution in [0.3, 0.4) is 0 Å². The quantitative estimate of drug-likeness (QED) is 0.792. The molecule has 2 aromatic rings. The van der Waals surface area contributed by atoms with Crippen molar-refractivity contribution in [3.8, 4) is 0 Å². The van der Waals surface area contributed by atoms with Crippen molar-refractivity contribution in [2.45, 2.75) is 12.5 Å². The summed E-state index contributed by atoms with van der Waals surface area (Å²) < 4.78 is 2.12. The standard InChI is InChI=1S/C13H16N4/c1-3-14-4-2-12(1)13-9-17(10-13)8-7-16-6-5-15-11-16/h1-6,11,13H,7-10H2. The van der Waals surface area contributed by atoms with E-state index in [-0.39, 0.29) is 0 Å². The first-order valence-corrected chi connectivity index (χ1v) is 6.00. The van der Waals surface area contributed by atoms with Gasteiger partial charge in [-0.25, -0.2) is 4.98 Å². The Labute approximate surface area is 101 Å². The number of rotatable bonds is 4. The second-order valence-electron chi connectivity index (χ2n) is 4.54. The van der Waals surface area contributed by atoms with E-state index in [0.717, 1.165) is 13.1 Å². The maximum atomic E-state index is 4.05. The number of hydrogen-bond acceptors (Lipinski definition) is 3. The second kappa shape index (κ2) is 4.67. The normalized spacial score (nSPS) is 16.9. The van der Waals surface area contributed by atoms with Crippen LogP contribution in [0.1, 0.15) is 11.5 Å². The topological polar surface area (TPSA) is 34.0 Å². The molecule has 1 aliphatic heterocycles. The van der Waals surface area contributed by atoms with Crippen molar-refractivity contribution >= 4 is 0 Å². The van der Waals surface area contributed by atoms with Crippen molar-refractivity contribution in [3.05, 3.63) is 48.8 Å². The molecule has 88 valence electrons. The number of nitrogens with zero attached hydrogens (tertiary/aromatic N) is 4. The lowest BCUT2D eigenvalue weighted by Crippen LogP contribution is -2.46. The molecular weight excluding hydrogens is 212 g/mol. The number of likely N-dealkylation sites (tertiary alicyclic amines) is 1. The first-order chi connectivity index (χ1) is 8.42. The van der Waals surface area contributed by atoms with Crippen molar-refractivity contribution in [1.82, 2.24) is 19.4 Å². The van der Waals surface area contributed by atoms with Gasteiger partial charge in [0.05, 0.1) is 6.33 Å². The van der Waals surface area contributed by atoms with Crippen LogP contribution in [0.2, 0.25) is 0 Å². The molecule has 1 saturated heterocycles. The molecule has 17 heavy (non-hydrogen) atoms. The molecule has 0 atom stereocenters. The lowest BCUT2D eigenvalue weighted by atomic mass is 9.92. The Hall–Kier alpha value is -1.68. The van der Waals surface area contributed by atoms with Crippen LogP contribution in [-0.4, -0.2) is 39.1 Å². The van der Waals surface area contributed by atoms with Crippen molar-refractivity contribution in [2.75, 3.05) is 19.6 Å². The predicted molar refractivity (Wildman–Crippen MR) is 65.6 cm³/mol. The summed E-state index contributed by atoms with van der Waals surface area (Å²) in [7, 11) is 0. The van der Waals surface area contributed by atoms with Crippen LogP contribution in [0.5, 0.6) is 0 Å². The fraction of sp³-hybridized carbons (Fsp3) is 0.385. The van der Waals surface area contributed by atoms with Gasteiger partial charge in [-0.1, -0.05) is 0 Å². The Morgan fingerprint density at radius 2 is 1.88 bits per heavy atom. The zero-order valence-electron chi connectivity index (χ0n) is 9.74. The molecule has 0 amide bonds. The smallest absolute Gasteiger partial charge is 0.0946 e.